The molecule has 0 bridgehead atoms. The van der Waals surface area contributed by atoms with E-state index in [4.69, 9.17) is 0 Å². The molecule has 4 rings (SSSR count). The van der Waals surface area contributed by atoms with Gasteiger partial charge in [-0.3, -0.25) is 9.78 Å². The third kappa shape index (κ3) is 3.54. The van der Waals surface area contributed by atoms with E-state index >= 15 is 0 Å². The number of rotatable bonds is 5. The molecular formula is C17H17BrN4O3S2. The molecule has 0 atom stereocenters. The number of H-pyrrole nitrogens is 1. The number of sulfonamides is 1. The maximum absolute atomic E-state index is 13.3. The first-order valence-corrected chi connectivity index (χ1v) is 11.5. The van der Waals surface area contributed by atoms with Gasteiger partial charge in [0.25, 0.3) is 5.91 Å². The SMILES string of the molecule is O=C(NCc1cncs1)c1[nH]c2ccc(Br)cc2c1S(=O)(=O)N1CCCC1. The highest BCUT2D eigenvalue weighted by Crippen LogP contribution is 2.33. The first-order valence-electron chi connectivity index (χ1n) is 8.44. The van der Waals surface area contributed by atoms with Gasteiger partial charge in [-0.15, -0.1) is 11.3 Å². The van der Waals surface area contributed by atoms with Crippen LogP contribution >= 0.6 is 27.3 Å². The van der Waals surface area contributed by atoms with Gasteiger partial charge in [-0.05, 0) is 31.0 Å². The number of nitrogens with zero attached hydrogens (tertiary/aromatic N) is 2. The molecule has 1 amide bonds. The highest BCUT2D eigenvalue weighted by molar-refractivity contribution is 9.10. The molecule has 27 heavy (non-hydrogen) atoms. The molecule has 1 saturated heterocycles. The molecule has 142 valence electrons. The normalized spacial score (nSPS) is 15.4. The minimum absolute atomic E-state index is 0.0440. The highest BCUT2D eigenvalue weighted by atomic mass is 79.9. The number of halogens is 1. The van der Waals surface area contributed by atoms with Crippen LogP contribution in [0.15, 0.2) is 39.3 Å². The number of benzene rings is 1. The van der Waals surface area contributed by atoms with Crippen LogP contribution in [0.3, 0.4) is 0 Å². The Bertz CT molecular complexity index is 1090. The number of carbonyl (C=O) groups is 1. The average molecular weight is 469 g/mol. The van der Waals surface area contributed by atoms with Crippen molar-refractivity contribution in [1.29, 1.82) is 0 Å². The van der Waals surface area contributed by atoms with Crippen molar-refractivity contribution in [1.82, 2.24) is 19.6 Å². The van der Waals surface area contributed by atoms with E-state index < -0.39 is 15.9 Å². The Hall–Kier alpha value is -1.75. The molecule has 3 heterocycles. The summed E-state index contributed by atoms with van der Waals surface area (Å²) in [6.07, 6.45) is 3.34. The van der Waals surface area contributed by atoms with E-state index in [1.54, 1.807) is 23.8 Å². The van der Waals surface area contributed by atoms with Crippen molar-refractivity contribution in [3.8, 4) is 0 Å². The molecule has 0 spiro atoms. The van der Waals surface area contributed by atoms with Gasteiger partial charge in [-0.2, -0.15) is 4.31 Å². The summed E-state index contributed by atoms with van der Waals surface area (Å²) in [6, 6.07) is 5.31. The van der Waals surface area contributed by atoms with Crippen LogP contribution in [0.2, 0.25) is 0 Å². The van der Waals surface area contributed by atoms with Crippen molar-refractivity contribution in [2.24, 2.45) is 0 Å². The molecule has 0 aliphatic carbocycles. The van der Waals surface area contributed by atoms with Crippen molar-refractivity contribution in [3.63, 3.8) is 0 Å². The quantitative estimate of drug-likeness (QED) is 0.601. The molecule has 7 nitrogen and oxygen atoms in total. The fraction of sp³-hybridized carbons (Fsp3) is 0.294. The molecule has 3 aromatic rings. The number of thiazole rings is 1. The average Bonchev–Trinajstić information content (AvgIpc) is 3.39. The Kier molecular flexibility index (Phi) is 5.06. The molecule has 0 unspecified atom stereocenters. The molecule has 1 fully saturated rings. The van der Waals surface area contributed by atoms with E-state index in [1.165, 1.54) is 15.6 Å². The lowest BCUT2D eigenvalue weighted by Gasteiger charge is -2.16. The molecular weight excluding hydrogens is 452 g/mol. The second-order valence-electron chi connectivity index (χ2n) is 6.28. The van der Waals surface area contributed by atoms with Gasteiger partial charge < -0.3 is 10.3 Å². The molecule has 1 aliphatic rings. The zero-order valence-corrected chi connectivity index (χ0v) is 17.5. The van der Waals surface area contributed by atoms with Crippen LogP contribution in [0, 0.1) is 0 Å². The number of amides is 1. The predicted molar refractivity (Wildman–Crippen MR) is 107 cm³/mol. The van der Waals surface area contributed by atoms with Crippen molar-refractivity contribution >= 4 is 54.1 Å². The van der Waals surface area contributed by atoms with Gasteiger partial charge in [0.2, 0.25) is 10.0 Å². The largest absolute Gasteiger partial charge is 0.349 e. The minimum Gasteiger partial charge on any atom is -0.349 e. The summed E-state index contributed by atoms with van der Waals surface area (Å²) < 4.78 is 28.8. The summed E-state index contributed by atoms with van der Waals surface area (Å²) >= 11 is 4.82. The maximum atomic E-state index is 13.3. The van der Waals surface area contributed by atoms with Crippen LogP contribution in [0.1, 0.15) is 28.2 Å². The Morgan fingerprint density at radius 1 is 1.33 bits per heavy atom. The lowest BCUT2D eigenvalue weighted by Crippen LogP contribution is -2.31. The van der Waals surface area contributed by atoms with Gasteiger partial charge >= 0.3 is 0 Å². The number of hydrogen-bond acceptors (Lipinski definition) is 5. The molecule has 2 aromatic heterocycles. The van der Waals surface area contributed by atoms with Gasteiger partial charge in [-0.25, -0.2) is 8.42 Å². The summed E-state index contributed by atoms with van der Waals surface area (Å²) in [5.41, 5.74) is 2.36. The monoisotopic (exact) mass is 468 g/mol. The van der Waals surface area contributed by atoms with E-state index in [2.05, 4.69) is 31.2 Å². The summed E-state index contributed by atoms with van der Waals surface area (Å²) in [4.78, 5) is 20.7. The number of hydrogen-bond donors (Lipinski definition) is 2. The molecule has 0 saturated carbocycles. The van der Waals surface area contributed by atoms with E-state index in [9.17, 15) is 13.2 Å². The van der Waals surface area contributed by atoms with E-state index in [1.807, 2.05) is 6.07 Å². The van der Waals surface area contributed by atoms with Crippen LogP contribution in [0.25, 0.3) is 10.9 Å². The van der Waals surface area contributed by atoms with Gasteiger partial charge in [0.05, 0.1) is 12.1 Å². The van der Waals surface area contributed by atoms with Crippen LogP contribution < -0.4 is 5.32 Å². The summed E-state index contributed by atoms with van der Waals surface area (Å²) in [6.45, 7) is 1.25. The molecule has 1 aromatic carbocycles. The second-order valence-corrected chi connectivity index (χ2v) is 10.0. The first-order chi connectivity index (χ1) is 13.0. The fourth-order valence-electron chi connectivity index (χ4n) is 3.21. The van der Waals surface area contributed by atoms with Gasteiger partial charge in [0, 0.05) is 39.5 Å². The number of fused-ring (bicyclic) bond motifs is 1. The second kappa shape index (κ2) is 7.34. The van der Waals surface area contributed by atoms with Crippen LogP contribution in [-0.4, -0.2) is 41.7 Å². The number of nitrogens with one attached hydrogen (secondary N) is 2. The van der Waals surface area contributed by atoms with Gasteiger partial charge in [-0.1, -0.05) is 15.9 Å². The van der Waals surface area contributed by atoms with Crippen molar-refractivity contribution in [3.05, 3.63) is 45.0 Å². The molecule has 0 radical (unpaired) electrons. The number of aromatic nitrogens is 2. The Labute approximate surface area is 169 Å². The van der Waals surface area contributed by atoms with Gasteiger partial charge in [0.1, 0.15) is 10.6 Å². The van der Waals surface area contributed by atoms with E-state index in [-0.39, 0.29) is 10.6 Å². The zero-order chi connectivity index (χ0) is 19.0. The third-order valence-electron chi connectivity index (χ3n) is 4.51. The van der Waals surface area contributed by atoms with Crippen LogP contribution in [-0.2, 0) is 16.6 Å². The Morgan fingerprint density at radius 2 is 2.11 bits per heavy atom. The third-order valence-corrected chi connectivity index (χ3v) is 7.77. The number of carbonyl (C=O) groups excluding carboxylic acids is 1. The van der Waals surface area contributed by atoms with Crippen molar-refractivity contribution in [2.75, 3.05) is 13.1 Å². The van der Waals surface area contributed by atoms with Crippen LogP contribution in [0.4, 0.5) is 0 Å². The minimum atomic E-state index is -3.78. The standard InChI is InChI=1S/C17H17BrN4O3S2/c18-11-3-4-14-13(7-11)16(27(24,25)22-5-1-2-6-22)15(21-14)17(23)20-9-12-8-19-10-26-12/h3-4,7-8,10,21H,1-2,5-6,9H2,(H,20,23). The molecule has 1 aliphatic heterocycles. The van der Waals surface area contributed by atoms with E-state index in [0.29, 0.717) is 30.5 Å². The van der Waals surface area contributed by atoms with Crippen molar-refractivity contribution in [2.45, 2.75) is 24.3 Å². The highest BCUT2D eigenvalue weighted by Gasteiger charge is 2.34. The van der Waals surface area contributed by atoms with E-state index in [0.717, 1.165) is 22.2 Å². The lowest BCUT2D eigenvalue weighted by molar-refractivity contribution is 0.0943. The smallest absolute Gasteiger partial charge is 0.269 e. The Balaban J connectivity index is 1.78. The van der Waals surface area contributed by atoms with Gasteiger partial charge in [0.15, 0.2) is 0 Å². The Morgan fingerprint density at radius 3 is 2.81 bits per heavy atom. The lowest BCUT2D eigenvalue weighted by atomic mass is 10.2. The fourth-order valence-corrected chi connectivity index (χ4v) is 5.95. The van der Waals surface area contributed by atoms with Crippen LogP contribution in [0.5, 0.6) is 0 Å². The summed E-state index contributed by atoms with van der Waals surface area (Å²) in [5.74, 6) is -0.450. The predicted octanol–water partition coefficient (Wildman–Crippen LogP) is 3.10. The topological polar surface area (TPSA) is 95.2 Å². The summed E-state index contributed by atoms with van der Waals surface area (Å²) in [5, 5.41) is 3.30. The van der Waals surface area contributed by atoms with Crippen molar-refractivity contribution < 1.29 is 13.2 Å². The number of aromatic amines is 1. The molecule has 10 heteroatoms. The summed E-state index contributed by atoms with van der Waals surface area (Å²) in [7, 11) is -3.78. The molecule has 2 N–H and O–H groups in total. The first kappa shape index (κ1) is 18.6. The maximum Gasteiger partial charge on any atom is 0.269 e. The zero-order valence-electron chi connectivity index (χ0n) is 14.2.